The molecule has 0 aliphatic carbocycles. The fourth-order valence-corrected chi connectivity index (χ4v) is 16.7. The van der Waals surface area contributed by atoms with Crippen molar-refractivity contribution in [1.82, 2.24) is 9.55 Å². The first-order valence-corrected chi connectivity index (χ1v) is 17.7. The monoisotopic (exact) mass is 560 g/mol. The summed E-state index contributed by atoms with van der Waals surface area (Å²) < 4.78 is 34.4. The highest BCUT2D eigenvalue weighted by Gasteiger charge is 2.62. The van der Waals surface area contributed by atoms with Gasteiger partial charge in [0.15, 0.2) is 12.3 Å². The maximum atomic E-state index is 12.7. The van der Waals surface area contributed by atoms with E-state index in [2.05, 4.69) is 60.4 Å². The second kappa shape index (κ2) is 11.3. The summed E-state index contributed by atoms with van der Waals surface area (Å²) in [6, 6.07) is 1.23. The van der Waals surface area contributed by atoms with E-state index in [4.69, 9.17) is 22.4 Å². The zero-order chi connectivity index (χ0) is 27.0. The van der Waals surface area contributed by atoms with E-state index < -0.39 is 58.2 Å². The van der Waals surface area contributed by atoms with E-state index in [1.165, 1.54) is 16.8 Å². The van der Waals surface area contributed by atoms with E-state index in [9.17, 15) is 14.4 Å². The Bertz CT molecular complexity index is 1030. The second-order valence-electron chi connectivity index (χ2n) is 10.7. The maximum absolute atomic E-state index is 12.7. The van der Waals surface area contributed by atoms with E-state index in [-0.39, 0.29) is 28.8 Å². The number of rotatable bonds is 6. The van der Waals surface area contributed by atoms with Crippen molar-refractivity contribution < 1.29 is 27.2 Å². The van der Waals surface area contributed by atoms with Crippen molar-refractivity contribution >= 4 is 34.2 Å². The van der Waals surface area contributed by atoms with Crippen LogP contribution >= 0.6 is 11.8 Å². The van der Waals surface area contributed by atoms with Crippen molar-refractivity contribution in [3.8, 4) is 0 Å². The first kappa shape index (κ1) is 29.3. The van der Waals surface area contributed by atoms with Crippen LogP contribution in [0.5, 0.6) is 0 Å². The van der Waals surface area contributed by atoms with Gasteiger partial charge >= 0.3 is 28.1 Å². The van der Waals surface area contributed by atoms with E-state index >= 15 is 0 Å². The maximum Gasteiger partial charge on any atom is 0.367 e. The quantitative estimate of drug-likeness (QED) is 0.402. The molecule has 4 atom stereocenters. The van der Waals surface area contributed by atoms with Crippen LogP contribution in [0.3, 0.4) is 0 Å². The number of nitrogens with one attached hydrogen (secondary N) is 1. The van der Waals surface area contributed by atoms with Crippen LogP contribution in [0.25, 0.3) is 0 Å². The lowest BCUT2D eigenvalue weighted by Gasteiger charge is -2.51. The summed E-state index contributed by atoms with van der Waals surface area (Å²) in [5, 5.41) is -0.520. The topological polar surface area (TPSA) is 118 Å². The number of hydrogen-bond acceptors (Lipinski definition) is 9. The van der Waals surface area contributed by atoms with E-state index in [0.29, 0.717) is 0 Å². The molecule has 0 bridgehead atoms. The Balaban J connectivity index is 2.17. The van der Waals surface area contributed by atoms with Crippen molar-refractivity contribution in [1.29, 1.82) is 0 Å². The molecule has 3 heterocycles. The number of carbonyl (C=O) groups excluding carboxylic acids is 1. The third-order valence-electron chi connectivity index (χ3n) is 7.14. The minimum Gasteiger partial charge on any atom is -0.447 e. The van der Waals surface area contributed by atoms with Gasteiger partial charge < -0.3 is 22.4 Å². The van der Waals surface area contributed by atoms with Gasteiger partial charge in [-0.15, -0.1) is 0 Å². The van der Waals surface area contributed by atoms with Crippen LogP contribution in [0, 0.1) is 0 Å². The number of hydrogen-bond donors (Lipinski definition) is 1. The predicted octanol–water partition coefficient (Wildman–Crippen LogP) is 4.26. The molecule has 2 aliphatic rings. The number of nitrogens with zero attached hydrogens (tertiary/aromatic N) is 1. The average molecular weight is 561 g/mol. The summed E-state index contributed by atoms with van der Waals surface area (Å²) in [7, 11) is -5.80. The third kappa shape index (κ3) is 5.33. The molecule has 0 spiro atoms. The van der Waals surface area contributed by atoms with Gasteiger partial charge in [0, 0.05) is 12.3 Å². The number of fused-ring (bicyclic) bond motifs is 1. The molecule has 0 amide bonds. The largest absolute Gasteiger partial charge is 0.447 e. The fourth-order valence-electron chi connectivity index (χ4n) is 5.26. The Morgan fingerprint density at radius 2 is 1.64 bits per heavy atom. The number of aromatic nitrogens is 2. The standard InChI is InChI=1S/C23H40N2O8SSi2/c1-13(2)35(14(3)4)29-12-17-19(32-36(33-35,15(5)6)16(7)8)20(31-23(28)34-9)21(30-17)25-11-10-18(26)24-22(25)27/h10-11,13-17,19-21H,12H2,1-9H3,(H,24,26,27)/t17-,19?,20+,21-/m1/s1. The Morgan fingerprint density at radius 1 is 1.06 bits per heavy atom. The van der Waals surface area contributed by atoms with Crippen LogP contribution < -0.4 is 11.2 Å². The first-order chi connectivity index (χ1) is 16.8. The molecule has 2 fully saturated rings. The molecule has 1 N–H and O–H groups in total. The van der Waals surface area contributed by atoms with E-state index in [1.54, 1.807) is 6.26 Å². The molecule has 0 aromatic carbocycles. The smallest absolute Gasteiger partial charge is 0.367 e. The zero-order valence-electron chi connectivity index (χ0n) is 22.6. The van der Waals surface area contributed by atoms with E-state index in [0.717, 1.165) is 11.8 Å². The van der Waals surface area contributed by atoms with Gasteiger partial charge in [-0.25, -0.2) is 9.59 Å². The van der Waals surface area contributed by atoms with Crippen LogP contribution in [0.4, 0.5) is 4.79 Å². The number of thioether (sulfide) groups is 1. The molecule has 36 heavy (non-hydrogen) atoms. The normalized spacial score (nSPS) is 27.8. The zero-order valence-corrected chi connectivity index (χ0v) is 25.4. The van der Waals surface area contributed by atoms with Gasteiger partial charge in [0.25, 0.3) is 5.56 Å². The molecule has 2 saturated heterocycles. The highest BCUT2D eigenvalue weighted by atomic mass is 32.2. The van der Waals surface area contributed by atoms with Gasteiger partial charge in [0.1, 0.15) is 12.2 Å². The Kier molecular flexibility index (Phi) is 9.17. The summed E-state index contributed by atoms with van der Waals surface area (Å²) in [6.07, 6.45) is -0.295. The van der Waals surface area contributed by atoms with Gasteiger partial charge in [-0.1, -0.05) is 55.4 Å². The molecule has 1 aromatic heterocycles. The fraction of sp³-hybridized carbons (Fsp3) is 0.783. The Hall–Kier alpha value is -1.23. The first-order valence-electron chi connectivity index (χ1n) is 12.5. The molecule has 3 rings (SSSR count). The minimum absolute atomic E-state index is 0.0657. The predicted molar refractivity (Wildman–Crippen MR) is 143 cm³/mol. The molecule has 204 valence electrons. The van der Waals surface area contributed by atoms with Crippen molar-refractivity contribution in [2.75, 3.05) is 12.9 Å². The number of ether oxygens (including phenoxy) is 2. The minimum atomic E-state index is -3.01. The Morgan fingerprint density at radius 3 is 2.14 bits per heavy atom. The molecular formula is C23H40N2O8SSi2. The average Bonchev–Trinajstić information content (AvgIpc) is 3.08. The molecule has 2 aliphatic heterocycles. The van der Waals surface area contributed by atoms with Crippen molar-refractivity contribution in [3.05, 3.63) is 33.1 Å². The lowest BCUT2D eigenvalue weighted by Crippen LogP contribution is -2.66. The van der Waals surface area contributed by atoms with Gasteiger partial charge in [0.2, 0.25) is 0 Å². The van der Waals surface area contributed by atoms with Crippen molar-refractivity contribution in [2.24, 2.45) is 0 Å². The number of aromatic amines is 1. The highest BCUT2D eigenvalue weighted by molar-refractivity contribution is 8.12. The lowest BCUT2D eigenvalue weighted by atomic mass is 10.1. The molecule has 1 unspecified atom stereocenters. The van der Waals surface area contributed by atoms with Gasteiger partial charge in [-0.2, -0.15) is 0 Å². The van der Waals surface area contributed by atoms with Gasteiger partial charge in [-0.3, -0.25) is 14.3 Å². The summed E-state index contributed by atoms with van der Waals surface area (Å²) >= 11 is 0.923. The number of H-pyrrole nitrogens is 1. The van der Waals surface area contributed by atoms with Crippen LogP contribution in [0.1, 0.15) is 61.6 Å². The summed E-state index contributed by atoms with van der Waals surface area (Å²) in [5.41, 5.74) is -0.737. The molecule has 1 aromatic rings. The molecule has 10 nitrogen and oxygen atoms in total. The number of carbonyl (C=O) groups is 1. The second-order valence-corrected chi connectivity index (χ2v) is 20.3. The molecule has 0 radical (unpaired) electrons. The summed E-state index contributed by atoms with van der Waals surface area (Å²) in [4.78, 5) is 39.1. The SMILES string of the molecule is CSC(=O)O[C@H]1C2O[Si](C(C)C)(C(C)C)O[Si](C(C)C)(C(C)C)OC[C@H]2O[C@H]1n1ccc(=O)[nH]c1=O. The summed E-state index contributed by atoms with van der Waals surface area (Å²) in [6.45, 7) is 17.1. The van der Waals surface area contributed by atoms with Crippen LogP contribution in [0.15, 0.2) is 21.9 Å². The van der Waals surface area contributed by atoms with Gasteiger partial charge in [0.05, 0.1) is 6.61 Å². The molecule has 0 saturated carbocycles. The lowest BCUT2D eigenvalue weighted by molar-refractivity contribution is -0.0601. The third-order valence-corrected chi connectivity index (χ3v) is 17.8. The van der Waals surface area contributed by atoms with Gasteiger partial charge in [-0.05, 0) is 40.2 Å². The van der Waals surface area contributed by atoms with Crippen molar-refractivity contribution in [2.45, 2.75) is 102 Å². The van der Waals surface area contributed by atoms with E-state index in [1.807, 2.05) is 0 Å². The van der Waals surface area contributed by atoms with Crippen LogP contribution in [-0.4, -0.2) is 63.1 Å². The van der Waals surface area contributed by atoms with Crippen molar-refractivity contribution in [3.63, 3.8) is 0 Å². The van der Waals surface area contributed by atoms with Crippen LogP contribution in [-0.2, 0) is 22.4 Å². The molecular weight excluding hydrogens is 520 g/mol. The summed E-state index contributed by atoms with van der Waals surface area (Å²) in [5.74, 6) is 0. The highest BCUT2D eigenvalue weighted by Crippen LogP contribution is 2.48. The molecule has 13 heteroatoms. The van der Waals surface area contributed by atoms with Crippen LogP contribution in [0.2, 0.25) is 22.2 Å². The Labute approximate surface area is 218 Å².